The summed E-state index contributed by atoms with van der Waals surface area (Å²) in [5.74, 6) is 0.969. The number of thioether (sulfide) groups is 1. The first-order valence-electron chi connectivity index (χ1n) is 10.3. The van der Waals surface area contributed by atoms with Gasteiger partial charge in [-0.2, -0.15) is 0 Å². The summed E-state index contributed by atoms with van der Waals surface area (Å²) in [5.41, 5.74) is 2.42. The fourth-order valence-corrected chi connectivity index (χ4v) is 4.61. The zero-order chi connectivity index (χ0) is 24.1. The van der Waals surface area contributed by atoms with Gasteiger partial charge in [0, 0.05) is 15.6 Å². The van der Waals surface area contributed by atoms with Crippen LogP contribution in [0.2, 0.25) is 5.02 Å². The maximum atomic E-state index is 13.0. The number of aryl methyl sites for hydroxylation is 1. The SMILES string of the molecule is Cc1nnc(S[C@@H](C[N+](=O)[O-])c2ccc(OCc3ccc(F)cc3)cc2)n1-c1ccc(Cl)cc1. The molecule has 3 aromatic carbocycles. The number of aromatic nitrogens is 3. The number of halogens is 2. The molecule has 1 atom stereocenters. The van der Waals surface area contributed by atoms with Crippen LogP contribution in [0.15, 0.2) is 78.0 Å². The Hall–Kier alpha value is -3.43. The molecular weight excluding hydrogens is 479 g/mol. The van der Waals surface area contributed by atoms with Crippen molar-refractivity contribution in [1.82, 2.24) is 14.8 Å². The number of hydrogen-bond acceptors (Lipinski definition) is 6. The van der Waals surface area contributed by atoms with E-state index >= 15 is 0 Å². The molecule has 174 valence electrons. The molecule has 0 aliphatic heterocycles. The third kappa shape index (κ3) is 5.92. The van der Waals surface area contributed by atoms with Crippen molar-refractivity contribution in [2.24, 2.45) is 0 Å². The highest BCUT2D eigenvalue weighted by molar-refractivity contribution is 7.99. The predicted octanol–water partition coefficient (Wildman–Crippen LogP) is 6.06. The van der Waals surface area contributed by atoms with E-state index < -0.39 is 5.25 Å². The Labute approximate surface area is 204 Å². The number of nitro groups is 1. The highest BCUT2D eigenvalue weighted by atomic mass is 35.5. The lowest BCUT2D eigenvalue weighted by atomic mass is 10.1. The average molecular weight is 499 g/mol. The first-order chi connectivity index (χ1) is 16.4. The molecule has 4 rings (SSSR count). The topological polar surface area (TPSA) is 83.1 Å². The van der Waals surface area contributed by atoms with Crippen LogP contribution in [0.1, 0.15) is 22.2 Å². The standard InChI is InChI=1S/C24H20ClFN4O3S/c1-16-27-28-24(30(16)21-10-6-19(25)7-11-21)34-23(14-29(31)32)18-4-12-22(13-5-18)33-15-17-2-8-20(26)9-3-17/h2-13,23H,14-15H2,1H3/t23-/m0/s1. The van der Waals surface area contributed by atoms with E-state index in [2.05, 4.69) is 10.2 Å². The van der Waals surface area contributed by atoms with Crippen LogP contribution in [-0.4, -0.2) is 26.2 Å². The monoisotopic (exact) mass is 498 g/mol. The van der Waals surface area contributed by atoms with Crippen LogP contribution in [0, 0.1) is 22.9 Å². The minimum absolute atomic E-state index is 0.285. The van der Waals surface area contributed by atoms with Crippen LogP contribution in [0.5, 0.6) is 5.75 Å². The Morgan fingerprint density at radius 3 is 2.38 bits per heavy atom. The molecule has 0 spiro atoms. The van der Waals surface area contributed by atoms with E-state index in [-0.39, 0.29) is 23.9 Å². The van der Waals surface area contributed by atoms with Crippen molar-refractivity contribution in [1.29, 1.82) is 0 Å². The van der Waals surface area contributed by atoms with Gasteiger partial charge in [0.1, 0.15) is 29.2 Å². The minimum atomic E-state index is -0.490. The molecule has 0 saturated carbocycles. The molecule has 1 heterocycles. The number of hydrogen-bond donors (Lipinski definition) is 0. The van der Waals surface area contributed by atoms with Crippen molar-refractivity contribution in [2.45, 2.75) is 23.9 Å². The highest BCUT2D eigenvalue weighted by Gasteiger charge is 2.24. The Bertz CT molecular complexity index is 1270. The molecule has 0 N–H and O–H groups in total. The van der Waals surface area contributed by atoms with Gasteiger partial charge in [-0.25, -0.2) is 4.39 Å². The van der Waals surface area contributed by atoms with Crippen molar-refractivity contribution in [3.05, 3.63) is 111 Å². The number of ether oxygens (including phenoxy) is 1. The van der Waals surface area contributed by atoms with Crippen LogP contribution >= 0.6 is 23.4 Å². The van der Waals surface area contributed by atoms with E-state index in [1.807, 2.05) is 23.6 Å². The second-order valence-corrected chi connectivity index (χ2v) is 9.05. The minimum Gasteiger partial charge on any atom is -0.489 e. The zero-order valence-corrected chi connectivity index (χ0v) is 19.7. The second kappa shape index (κ2) is 10.7. The Morgan fingerprint density at radius 1 is 1.06 bits per heavy atom. The second-order valence-electron chi connectivity index (χ2n) is 7.45. The van der Waals surface area contributed by atoms with Crippen LogP contribution in [-0.2, 0) is 6.61 Å². The smallest absolute Gasteiger partial charge is 0.220 e. The fraction of sp³-hybridized carbons (Fsp3) is 0.167. The average Bonchev–Trinajstić information content (AvgIpc) is 3.19. The van der Waals surface area contributed by atoms with Crippen molar-refractivity contribution in [2.75, 3.05) is 6.54 Å². The van der Waals surface area contributed by atoms with E-state index in [4.69, 9.17) is 16.3 Å². The van der Waals surface area contributed by atoms with Crippen molar-refractivity contribution < 1.29 is 14.1 Å². The molecule has 7 nitrogen and oxygen atoms in total. The van der Waals surface area contributed by atoms with Gasteiger partial charge in [0.15, 0.2) is 5.16 Å². The van der Waals surface area contributed by atoms with Gasteiger partial charge in [-0.15, -0.1) is 10.2 Å². The summed E-state index contributed by atoms with van der Waals surface area (Å²) in [4.78, 5) is 11.1. The number of nitrogens with zero attached hydrogens (tertiary/aromatic N) is 4. The quantitative estimate of drug-likeness (QED) is 0.158. The summed E-state index contributed by atoms with van der Waals surface area (Å²) in [6, 6.07) is 20.4. The van der Waals surface area contributed by atoms with Gasteiger partial charge in [0.05, 0.1) is 0 Å². The largest absolute Gasteiger partial charge is 0.489 e. The van der Waals surface area contributed by atoms with Gasteiger partial charge in [-0.3, -0.25) is 14.7 Å². The van der Waals surface area contributed by atoms with Gasteiger partial charge >= 0.3 is 0 Å². The molecule has 1 aromatic heterocycles. The molecule has 34 heavy (non-hydrogen) atoms. The van der Waals surface area contributed by atoms with Crippen molar-refractivity contribution in [3.8, 4) is 11.4 Å². The summed E-state index contributed by atoms with van der Waals surface area (Å²) in [7, 11) is 0. The van der Waals surface area contributed by atoms with Gasteiger partial charge < -0.3 is 4.74 Å². The molecule has 4 aromatic rings. The van der Waals surface area contributed by atoms with E-state index in [9.17, 15) is 14.5 Å². The summed E-state index contributed by atoms with van der Waals surface area (Å²) >= 11 is 7.28. The fourth-order valence-electron chi connectivity index (χ4n) is 3.31. The molecule has 0 radical (unpaired) electrons. The van der Waals surface area contributed by atoms with Crippen LogP contribution in [0.25, 0.3) is 5.69 Å². The predicted molar refractivity (Wildman–Crippen MR) is 129 cm³/mol. The Morgan fingerprint density at radius 2 is 1.74 bits per heavy atom. The maximum absolute atomic E-state index is 13.0. The maximum Gasteiger partial charge on any atom is 0.220 e. The van der Waals surface area contributed by atoms with Crippen molar-refractivity contribution >= 4 is 23.4 Å². The summed E-state index contributed by atoms with van der Waals surface area (Å²) < 4.78 is 20.6. The lowest BCUT2D eigenvalue weighted by Gasteiger charge is -2.15. The number of rotatable bonds is 9. The summed E-state index contributed by atoms with van der Waals surface area (Å²) in [5, 5.41) is 20.5. The molecular formula is C24H20ClFN4O3S. The van der Waals surface area contributed by atoms with E-state index in [1.165, 1.54) is 23.9 Å². The third-order valence-corrected chi connectivity index (χ3v) is 6.45. The Kier molecular flexibility index (Phi) is 7.44. The van der Waals surface area contributed by atoms with E-state index in [0.717, 1.165) is 16.8 Å². The molecule has 10 heteroatoms. The van der Waals surface area contributed by atoms with Crippen LogP contribution in [0.3, 0.4) is 0 Å². The molecule has 0 bridgehead atoms. The molecule has 0 saturated heterocycles. The molecule has 0 aliphatic carbocycles. The van der Waals surface area contributed by atoms with E-state index in [0.29, 0.717) is 21.8 Å². The van der Waals surface area contributed by atoms with Gasteiger partial charge in [0.25, 0.3) is 0 Å². The Balaban J connectivity index is 1.52. The molecule has 0 unspecified atom stereocenters. The molecule has 0 fully saturated rings. The lowest BCUT2D eigenvalue weighted by Crippen LogP contribution is -2.11. The normalized spacial score (nSPS) is 11.9. The van der Waals surface area contributed by atoms with Crippen molar-refractivity contribution in [3.63, 3.8) is 0 Å². The zero-order valence-electron chi connectivity index (χ0n) is 18.1. The first kappa shape index (κ1) is 23.7. The van der Waals surface area contributed by atoms with Gasteiger partial charge in [0.2, 0.25) is 6.54 Å². The number of benzene rings is 3. The highest BCUT2D eigenvalue weighted by Crippen LogP contribution is 2.36. The lowest BCUT2D eigenvalue weighted by molar-refractivity contribution is -0.479. The van der Waals surface area contributed by atoms with Gasteiger partial charge in [-0.1, -0.05) is 47.6 Å². The first-order valence-corrected chi connectivity index (χ1v) is 11.6. The van der Waals surface area contributed by atoms with Gasteiger partial charge in [-0.05, 0) is 66.6 Å². The molecule has 0 amide bonds. The third-order valence-electron chi connectivity index (χ3n) is 5.01. The summed E-state index contributed by atoms with van der Waals surface area (Å²) in [6.45, 7) is 1.82. The van der Waals surface area contributed by atoms with Crippen LogP contribution < -0.4 is 4.74 Å². The van der Waals surface area contributed by atoms with Crippen LogP contribution in [0.4, 0.5) is 4.39 Å². The van der Waals surface area contributed by atoms with E-state index in [1.54, 1.807) is 48.5 Å². The summed E-state index contributed by atoms with van der Waals surface area (Å²) in [6.07, 6.45) is 0. The molecule has 0 aliphatic rings.